The van der Waals surface area contributed by atoms with E-state index in [-0.39, 0.29) is 12.4 Å². The summed E-state index contributed by atoms with van der Waals surface area (Å²) in [6, 6.07) is 13.0. The number of hydrogen-bond acceptors (Lipinski definition) is 4. The van der Waals surface area contributed by atoms with Crippen LogP contribution in [0.5, 0.6) is 0 Å². The molecule has 0 radical (unpaired) electrons. The molecule has 0 unspecified atom stereocenters. The second kappa shape index (κ2) is 11.0. The van der Waals surface area contributed by atoms with Crippen LogP contribution in [0.1, 0.15) is 48.0 Å². The molecule has 25 heavy (non-hydrogen) atoms. The summed E-state index contributed by atoms with van der Waals surface area (Å²) in [6.45, 7) is 0.805. The predicted molar refractivity (Wildman–Crippen MR) is 96.3 cm³/mol. The molecule has 0 aliphatic heterocycles. The third-order valence-corrected chi connectivity index (χ3v) is 3.79. The molecular weight excluding hydrogens is 316 g/mol. The number of hydrogen-bond donors (Lipinski definition) is 1. The zero-order chi connectivity index (χ0) is 17.7. The Hall–Kier alpha value is -2.69. The van der Waals surface area contributed by atoms with Crippen LogP contribution in [-0.2, 0) is 11.3 Å². The molecule has 132 valence electrons. The van der Waals surface area contributed by atoms with E-state index in [1.165, 1.54) is 0 Å². The Morgan fingerprint density at radius 1 is 0.960 bits per heavy atom. The SMILES string of the molecule is O=C(NCCCCCCC(=O)c1ccccc1)OCc1cccnc1. The molecule has 0 bridgehead atoms. The molecule has 1 aromatic carbocycles. The van der Waals surface area contributed by atoms with Crippen LogP contribution in [0.4, 0.5) is 4.79 Å². The first kappa shape index (κ1) is 18.6. The molecule has 0 saturated heterocycles. The number of carbonyl (C=O) groups is 2. The first-order valence-electron chi connectivity index (χ1n) is 8.63. The minimum atomic E-state index is -0.414. The molecule has 0 aliphatic carbocycles. The van der Waals surface area contributed by atoms with Gasteiger partial charge in [0, 0.05) is 36.5 Å². The first-order chi connectivity index (χ1) is 12.3. The number of alkyl carbamates (subject to hydrolysis) is 1. The fourth-order valence-electron chi connectivity index (χ4n) is 2.41. The topological polar surface area (TPSA) is 68.3 Å². The summed E-state index contributed by atoms with van der Waals surface area (Å²) < 4.78 is 5.10. The zero-order valence-electron chi connectivity index (χ0n) is 14.3. The van der Waals surface area contributed by atoms with Crippen molar-refractivity contribution in [2.75, 3.05) is 6.54 Å². The third kappa shape index (κ3) is 7.61. The summed E-state index contributed by atoms with van der Waals surface area (Å²) in [7, 11) is 0. The lowest BCUT2D eigenvalue weighted by molar-refractivity contribution is 0.0979. The van der Waals surface area contributed by atoms with Gasteiger partial charge in [0.25, 0.3) is 0 Å². The minimum absolute atomic E-state index is 0.192. The van der Waals surface area contributed by atoms with Crippen LogP contribution in [0, 0.1) is 0 Å². The number of unbranched alkanes of at least 4 members (excludes halogenated alkanes) is 3. The van der Waals surface area contributed by atoms with Gasteiger partial charge in [0.1, 0.15) is 6.61 Å². The van der Waals surface area contributed by atoms with Crippen LogP contribution >= 0.6 is 0 Å². The highest BCUT2D eigenvalue weighted by atomic mass is 16.5. The number of ketones is 1. The largest absolute Gasteiger partial charge is 0.445 e. The number of carbonyl (C=O) groups excluding carboxylic acids is 2. The Balaban J connectivity index is 1.46. The van der Waals surface area contributed by atoms with Crippen molar-refractivity contribution in [1.82, 2.24) is 10.3 Å². The van der Waals surface area contributed by atoms with Gasteiger partial charge in [-0.2, -0.15) is 0 Å². The van der Waals surface area contributed by atoms with E-state index in [1.807, 2.05) is 36.4 Å². The standard InChI is InChI=1S/C20H24N2O3/c23-19(18-10-4-3-5-11-18)12-6-1-2-7-14-22-20(24)25-16-17-9-8-13-21-15-17/h3-5,8-11,13,15H,1-2,6-7,12,14,16H2,(H,22,24). The van der Waals surface area contributed by atoms with Gasteiger partial charge in [0.05, 0.1) is 0 Å². The van der Waals surface area contributed by atoms with Gasteiger partial charge in [0.2, 0.25) is 0 Å². The highest BCUT2D eigenvalue weighted by molar-refractivity contribution is 5.95. The Morgan fingerprint density at radius 3 is 2.52 bits per heavy atom. The molecule has 1 aromatic heterocycles. The quantitative estimate of drug-likeness (QED) is 0.521. The highest BCUT2D eigenvalue weighted by Crippen LogP contribution is 2.09. The second-order valence-electron chi connectivity index (χ2n) is 5.82. The van der Waals surface area contributed by atoms with Crippen LogP contribution in [0.2, 0.25) is 0 Å². The first-order valence-corrected chi connectivity index (χ1v) is 8.63. The number of benzene rings is 1. The zero-order valence-corrected chi connectivity index (χ0v) is 14.3. The number of ether oxygens (including phenoxy) is 1. The van der Waals surface area contributed by atoms with Crippen molar-refractivity contribution in [1.29, 1.82) is 0 Å². The summed E-state index contributed by atoms with van der Waals surface area (Å²) in [5, 5.41) is 2.73. The number of pyridine rings is 1. The lowest BCUT2D eigenvalue weighted by Crippen LogP contribution is -2.25. The average molecular weight is 340 g/mol. The molecular formula is C20H24N2O3. The summed E-state index contributed by atoms with van der Waals surface area (Å²) in [5.74, 6) is 0.192. The second-order valence-corrected chi connectivity index (χ2v) is 5.82. The minimum Gasteiger partial charge on any atom is -0.445 e. The maximum Gasteiger partial charge on any atom is 0.407 e. The average Bonchev–Trinajstić information content (AvgIpc) is 2.67. The summed E-state index contributed by atoms with van der Waals surface area (Å²) in [6.07, 6.45) is 7.21. The summed E-state index contributed by atoms with van der Waals surface area (Å²) in [4.78, 5) is 27.4. The Bertz CT molecular complexity index is 645. The van der Waals surface area contributed by atoms with Crippen LogP contribution in [0.15, 0.2) is 54.9 Å². The van der Waals surface area contributed by atoms with Gasteiger partial charge in [0.15, 0.2) is 5.78 Å². The summed E-state index contributed by atoms with van der Waals surface area (Å²) in [5.41, 5.74) is 1.64. The molecule has 0 fully saturated rings. The van der Waals surface area contributed by atoms with Crippen molar-refractivity contribution in [2.24, 2.45) is 0 Å². The Kier molecular flexibility index (Phi) is 8.18. The van der Waals surface area contributed by atoms with E-state index < -0.39 is 6.09 Å². The van der Waals surface area contributed by atoms with Crippen molar-refractivity contribution in [3.8, 4) is 0 Å². The molecule has 1 N–H and O–H groups in total. The maximum absolute atomic E-state index is 11.9. The van der Waals surface area contributed by atoms with Gasteiger partial charge >= 0.3 is 6.09 Å². The van der Waals surface area contributed by atoms with Crippen LogP contribution in [-0.4, -0.2) is 23.4 Å². The number of Topliss-reactive ketones (excluding diaryl/α,β-unsaturated/α-hetero) is 1. The Morgan fingerprint density at radius 2 is 1.76 bits per heavy atom. The monoisotopic (exact) mass is 340 g/mol. The number of nitrogens with zero attached hydrogens (tertiary/aromatic N) is 1. The number of nitrogens with one attached hydrogen (secondary N) is 1. The molecule has 2 aromatic rings. The molecule has 2 rings (SSSR count). The van der Waals surface area contributed by atoms with E-state index in [0.717, 1.165) is 36.8 Å². The van der Waals surface area contributed by atoms with Gasteiger partial charge in [-0.3, -0.25) is 9.78 Å². The number of amides is 1. The summed E-state index contributed by atoms with van der Waals surface area (Å²) >= 11 is 0. The molecule has 0 spiro atoms. The normalized spacial score (nSPS) is 10.2. The van der Waals surface area contributed by atoms with Gasteiger partial charge < -0.3 is 10.1 Å². The van der Waals surface area contributed by atoms with E-state index >= 15 is 0 Å². The van der Waals surface area contributed by atoms with Gasteiger partial charge in [-0.25, -0.2) is 4.79 Å². The van der Waals surface area contributed by atoms with Crippen molar-refractivity contribution < 1.29 is 14.3 Å². The molecule has 1 amide bonds. The Labute approximate surface area is 148 Å². The van der Waals surface area contributed by atoms with Crippen molar-refractivity contribution in [3.63, 3.8) is 0 Å². The van der Waals surface area contributed by atoms with E-state index in [1.54, 1.807) is 18.5 Å². The molecule has 0 aliphatic rings. The molecule has 5 heteroatoms. The maximum atomic E-state index is 11.9. The van der Waals surface area contributed by atoms with Crippen molar-refractivity contribution in [2.45, 2.75) is 38.7 Å². The van der Waals surface area contributed by atoms with Gasteiger partial charge in [-0.1, -0.05) is 49.2 Å². The lowest BCUT2D eigenvalue weighted by atomic mass is 10.0. The van der Waals surface area contributed by atoms with E-state index in [4.69, 9.17) is 4.74 Å². The van der Waals surface area contributed by atoms with Crippen molar-refractivity contribution in [3.05, 3.63) is 66.0 Å². The molecule has 0 saturated carbocycles. The fraction of sp³-hybridized carbons (Fsp3) is 0.350. The smallest absolute Gasteiger partial charge is 0.407 e. The molecule has 1 heterocycles. The number of rotatable bonds is 10. The van der Waals surface area contributed by atoms with Crippen LogP contribution < -0.4 is 5.32 Å². The van der Waals surface area contributed by atoms with Crippen LogP contribution in [0.3, 0.4) is 0 Å². The van der Waals surface area contributed by atoms with E-state index in [2.05, 4.69) is 10.3 Å². The van der Waals surface area contributed by atoms with Crippen LogP contribution in [0.25, 0.3) is 0 Å². The van der Waals surface area contributed by atoms with E-state index in [9.17, 15) is 9.59 Å². The fourth-order valence-corrected chi connectivity index (χ4v) is 2.41. The lowest BCUT2D eigenvalue weighted by Gasteiger charge is -2.07. The molecule has 0 atom stereocenters. The number of aromatic nitrogens is 1. The van der Waals surface area contributed by atoms with Gasteiger partial charge in [-0.05, 0) is 18.9 Å². The third-order valence-electron chi connectivity index (χ3n) is 3.79. The van der Waals surface area contributed by atoms with Gasteiger partial charge in [-0.15, -0.1) is 0 Å². The van der Waals surface area contributed by atoms with Crippen molar-refractivity contribution >= 4 is 11.9 Å². The predicted octanol–water partition coefficient (Wildman–Crippen LogP) is 4.14. The van der Waals surface area contributed by atoms with E-state index in [0.29, 0.717) is 13.0 Å². The highest BCUT2D eigenvalue weighted by Gasteiger charge is 2.05. The molecule has 5 nitrogen and oxygen atoms in total.